The highest BCUT2D eigenvalue weighted by Crippen LogP contribution is 2.24. The zero-order chi connectivity index (χ0) is 21.6. The largest absolute Gasteiger partial charge is 0.426 e. The van der Waals surface area contributed by atoms with Crippen molar-refractivity contribution in [2.75, 3.05) is 0 Å². The topological polar surface area (TPSA) is 52.2 Å². The number of carbonyl (C=O) groups is 1. The molecular weight excluding hydrogens is 393 g/mol. The molecule has 0 aliphatic heterocycles. The third-order valence-corrected chi connectivity index (χ3v) is 5.46. The van der Waals surface area contributed by atoms with E-state index in [-0.39, 0.29) is 11.7 Å². The molecule has 0 N–H and O–H groups in total. The number of hydrogen-bond donors (Lipinski definition) is 0. The van der Waals surface area contributed by atoms with Gasteiger partial charge in [-0.2, -0.15) is 0 Å². The van der Waals surface area contributed by atoms with Crippen LogP contribution in [0.25, 0.3) is 22.2 Å². The predicted octanol–water partition coefficient (Wildman–Crippen LogP) is 6.23. The van der Waals surface area contributed by atoms with Crippen molar-refractivity contribution in [3.05, 3.63) is 94.7 Å². The molecule has 5 heteroatoms. The van der Waals surface area contributed by atoms with Gasteiger partial charge in [0.1, 0.15) is 5.82 Å². The summed E-state index contributed by atoms with van der Waals surface area (Å²) in [5, 5.41) is 0. The summed E-state index contributed by atoms with van der Waals surface area (Å²) in [6.07, 6.45) is 5.15. The summed E-state index contributed by atoms with van der Waals surface area (Å²) in [7, 11) is 0. The van der Waals surface area contributed by atoms with E-state index < -0.39 is 5.76 Å². The maximum Gasteiger partial charge on any atom is 0.426 e. The van der Waals surface area contributed by atoms with E-state index in [0.717, 1.165) is 47.8 Å². The summed E-state index contributed by atoms with van der Waals surface area (Å²) in [5.41, 5.74) is 3.74. The second-order valence-corrected chi connectivity index (χ2v) is 7.69. The molecule has 31 heavy (non-hydrogen) atoms. The maximum atomic E-state index is 13.1. The molecule has 158 valence electrons. The van der Waals surface area contributed by atoms with Crippen molar-refractivity contribution in [1.29, 1.82) is 0 Å². The summed E-state index contributed by atoms with van der Waals surface area (Å²) in [5.74, 6) is -1.23. The Morgan fingerprint density at radius 2 is 1.55 bits per heavy atom. The zero-order valence-electron chi connectivity index (χ0n) is 17.2. The van der Waals surface area contributed by atoms with Gasteiger partial charge in [-0.1, -0.05) is 61.4 Å². The van der Waals surface area contributed by atoms with Crippen molar-refractivity contribution in [2.24, 2.45) is 0 Å². The van der Waals surface area contributed by atoms with E-state index in [2.05, 4.69) is 12.1 Å². The van der Waals surface area contributed by atoms with Crippen molar-refractivity contribution < 1.29 is 13.6 Å². The van der Waals surface area contributed by atoms with E-state index in [1.54, 1.807) is 30.3 Å². The molecule has 4 aromatic rings. The first kappa shape index (κ1) is 20.8. The molecule has 0 amide bonds. The standard InChI is InChI=1S/C26H24FNO3/c27-22-15-12-20(13-16-22)21-14-17-23-24(18-21)31-26(30)28(23)25(29)11-7-2-1-4-8-19-9-5-3-6-10-19/h3,5-6,9-10,12-18H,1-2,4,7-8,11H2. The lowest BCUT2D eigenvalue weighted by Crippen LogP contribution is -2.22. The molecule has 0 fully saturated rings. The molecule has 0 radical (unpaired) electrons. The Bertz CT molecular complexity index is 1220. The number of carbonyl (C=O) groups excluding carboxylic acids is 1. The molecule has 1 heterocycles. The van der Waals surface area contributed by atoms with E-state index in [1.807, 2.05) is 18.2 Å². The predicted molar refractivity (Wildman–Crippen MR) is 120 cm³/mol. The molecular formula is C26H24FNO3. The smallest absolute Gasteiger partial charge is 0.407 e. The van der Waals surface area contributed by atoms with Gasteiger partial charge >= 0.3 is 5.76 Å². The van der Waals surface area contributed by atoms with Crippen LogP contribution in [0.4, 0.5) is 4.39 Å². The van der Waals surface area contributed by atoms with Gasteiger partial charge in [-0.3, -0.25) is 4.79 Å². The van der Waals surface area contributed by atoms with E-state index in [9.17, 15) is 14.0 Å². The number of benzene rings is 3. The molecule has 0 saturated carbocycles. The number of rotatable bonds is 8. The molecule has 0 bridgehead atoms. The highest BCUT2D eigenvalue weighted by atomic mass is 19.1. The van der Waals surface area contributed by atoms with Gasteiger partial charge in [0.25, 0.3) is 0 Å². The van der Waals surface area contributed by atoms with Crippen LogP contribution in [0.2, 0.25) is 0 Å². The molecule has 1 aromatic heterocycles. The number of aromatic nitrogens is 1. The number of unbranched alkanes of at least 4 members (excludes halogenated alkanes) is 3. The minimum atomic E-state index is -0.666. The van der Waals surface area contributed by atoms with Crippen molar-refractivity contribution in [3.63, 3.8) is 0 Å². The van der Waals surface area contributed by atoms with Crippen LogP contribution in [-0.4, -0.2) is 10.5 Å². The molecule has 0 aliphatic rings. The van der Waals surface area contributed by atoms with Crippen LogP contribution in [0.3, 0.4) is 0 Å². The maximum absolute atomic E-state index is 13.1. The minimum absolute atomic E-state index is 0.249. The Kier molecular flexibility index (Phi) is 6.41. The Hall–Kier alpha value is -3.47. The van der Waals surface area contributed by atoms with Gasteiger partial charge in [0.15, 0.2) is 5.58 Å². The number of hydrogen-bond acceptors (Lipinski definition) is 3. The molecule has 4 rings (SSSR count). The quantitative estimate of drug-likeness (QED) is 0.319. The second kappa shape index (κ2) is 9.56. The van der Waals surface area contributed by atoms with Gasteiger partial charge in [-0.05, 0) is 60.2 Å². The summed E-state index contributed by atoms with van der Waals surface area (Å²) < 4.78 is 19.6. The third kappa shape index (κ3) is 5.00. The molecule has 0 unspecified atom stereocenters. The van der Waals surface area contributed by atoms with Crippen LogP contribution in [-0.2, 0) is 6.42 Å². The van der Waals surface area contributed by atoms with Crippen LogP contribution >= 0.6 is 0 Å². The average Bonchev–Trinajstić information content (AvgIpc) is 3.12. The highest BCUT2D eigenvalue weighted by molar-refractivity contribution is 5.90. The summed E-state index contributed by atoms with van der Waals surface area (Å²) in [4.78, 5) is 24.9. The molecule has 0 spiro atoms. The van der Waals surface area contributed by atoms with Gasteiger partial charge in [0.2, 0.25) is 5.91 Å². The van der Waals surface area contributed by atoms with E-state index in [0.29, 0.717) is 17.5 Å². The molecule has 0 saturated heterocycles. The number of fused-ring (bicyclic) bond motifs is 1. The second-order valence-electron chi connectivity index (χ2n) is 7.69. The first-order chi connectivity index (χ1) is 15.1. The lowest BCUT2D eigenvalue weighted by atomic mass is 10.0. The third-order valence-electron chi connectivity index (χ3n) is 5.46. The van der Waals surface area contributed by atoms with Crippen LogP contribution in [0.1, 0.15) is 42.5 Å². The zero-order valence-corrected chi connectivity index (χ0v) is 17.2. The fourth-order valence-corrected chi connectivity index (χ4v) is 3.79. The Morgan fingerprint density at radius 3 is 2.32 bits per heavy atom. The average molecular weight is 417 g/mol. The lowest BCUT2D eigenvalue weighted by molar-refractivity contribution is 0.0895. The molecule has 0 aliphatic carbocycles. The fraction of sp³-hybridized carbons (Fsp3) is 0.231. The van der Waals surface area contributed by atoms with Gasteiger partial charge in [-0.15, -0.1) is 0 Å². The van der Waals surface area contributed by atoms with Crippen molar-refractivity contribution in [1.82, 2.24) is 4.57 Å². The van der Waals surface area contributed by atoms with Crippen molar-refractivity contribution in [2.45, 2.75) is 38.5 Å². The summed E-state index contributed by atoms with van der Waals surface area (Å²) >= 11 is 0. The van der Waals surface area contributed by atoms with Gasteiger partial charge in [0.05, 0.1) is 5.52 Å². The van der Waals surface area contributed by atoms with E-state index in [1.165, 1.54) is 17.7 Å². The monoisotopic (exact) mass is 417 g/mol. The van der Waals surface area contributed by atoms with Crippen LogP contribution in [0.15, 0.2) is 82.0 Å². The van der Waals surface area contributed by atoms with Gasteiger partial charge in [-0.25, -0.2) is 13.8 Å². The van der Waals surface area contributed by atoms with Crippen molar-refractivity contribution in [3.8, 4) is 11.1 Å². The Labute approximate surface area is 179 Å². The number of halogens is 1. The fourth-order valence-electron chi connectivity index (χ4n) is 3.79. The van der Waals surface area contributed by atoms with Crippen molar-refractivity contribution >= 4 is 17.0 Å². The summed E-state index contributed by atoms with van der Waals surface area (Å²) in [6, 6.07) is 21.7. The number of aryl methyl sites for hydroxylation is 1. The molecule has 3 aromatic carbocycles. The van der Waals surface area contributed by atoms with Gasteiger partial charge in [0, 0.05) is 6.42 Å². The first-order valence-electron chi connectivity index (χ1n) is 10.6. The lowest BCUT2D eigenvalue weighted by Gasteiger charge is -2.04. The SMILES string of the molecule is O=C(CCCCCCc1ccccc1)n1c(=O)oc2cc(-c3ccc(F)cc3)ccc21. The minimum Gasteiger partial charge on any atom is -0.407 e. The van der Waals surface area contributed by atoms with Crippen LogP contribution < -0.4 is 5.76 Å². The normalized spacial score (nSPS) is 11.1. The number of nitrogens with zero attached hydrogens (tertiary/aromatic N) is 1. The Morgan fingerprint density at radius 1 is 0.839 bits per heavy atom. The van der Waals surface area contributed by atoms with E-state index >= 15 is 0 Å². The number of oxazole rings is 1. The summed E-state index contributed by atoms with van der Waals surface area (Å²) in [6.45, 7) is 0. The molecule has 4 nitrogen and oxygen atoms in total. The van der Waals surface area contributed by atoms with E-state index in [4.69, 9.17) is 4.42 Å². The highest BCUT2D eigenvalue weighted by Gasteiger charge is 2.16. The first-order valence-corrected chi connectivity index (χ1v) is 10.6. The van der Waals surface area contributed by atoms with Crippen LogP contribution in [0, 0.1) is 5.82 Å². The van der Waals surface area contributed by atoms with Crippen LogP contribution in [0.5, 0.6) is 0 Å². The molecule has 0 atom stereocenters. The van der Waals surface area contributed by atoms with Gasteiger partial charge < -0.3 is 4.42 Å². The Balaban J connectivity index is 1.36.